The fraction of sp³-hybridized carbons (Fsp3) is 0.182. The molecule has 1 N–H and O–H groups in total. The van der Waals surface area contributed by atoms with Crippen LogP contribution in [0.1, 0.15) is 11.3 Å². The largest absolute Gasteiger partial charge is 0.310 e. The molecule has 30 heavy (non-hydrogen) atoms. The van der Waals surface area contributed by atoms with Crippen molar-refractivity contribution in [3.05, 3.63) is 76.2 Å². The number of nitrogens with zero attached hydrogens (tertiary/aromatic N) is 4. The number of aromatic nitrogens is 4. The number of hydrogen-bond acceptors (Lipinski definition) is 5. The summed E-state index contributed by atoms with van der Waals surface area (Å²) in [7, 11) is 1.77. The van der Waals surface area contributed by atoms with Crippen molar-refractivity contribution in [2.45, 2.75) is 19.0 Å². The molecule has 0 unspecified atom stereocenters. The van der Waals surface area contributed by atoms with Crippen LogP contribution in [0.2, 0.25) is 0 Å². The Balaban J connectivity index is 1.67. The predicted octanol–water partition coefficient (Wildman–Crippen LogP) is 3.47. The summed E-state index contributed by atoms with van der Waals surface area (Å²) < 4.78 is 3.18. The normalized spacial score (nSPS) is 11.0. The molecule has 2 aromatic heterocycles. The second-order valence-corrected chi connectivity index (χ2v) is 7.96. The molecule has 0 spiro atoms. The molecule has 2 heterocycles. The number of carbonyl (C=O) groups is 1. The minimum Gasteiger partial charge on any atom is -0.310 e. The molecule has 0 radical (unpaired) electrons. The quantitative estimate of drug-likeness (QED) is 0.396. The second kappa shape index (κ2) is 8.16. The predicted molar refractivity (Wildman–Crippen MR) is 119 cm³/mol. The number of amides is 1. The molecule has 1 amide bonds. The Morgan fingerprint density at radius 3 is 2.53 bits per heavy atom. The smallest absolute Gasteiger partial charge is 0.266 e. The van der Waals surface area contributed by atoms with E-state index in [0.29, 0.717) is 27.6 Å². The van der Waals surface area contributed by atoms with Crippen LogP contribution in [0.5, 0.6) is 0 Å². The Bertz CT molecular complexity index is 1290. The molecule has 0 saturated carbocycles. The zero-order chi connectivity index (χ0) is 21.3. The van der Waals surface area contributed by atoms with Gasteiger partial charge in [-0.15, -0.1) is 0 Å². The third-order valence-electron chi connectivity index (χ3n) is 4.64. The summed E-state index contributed by atoms with van der Waals surface area (Å²) in [5.41, 5.74) is 3.09. The van der Waals surface area contributed by atoms with Crippen LogP contribution in [0.4, 0.5) is 5.82 Å². The highest BCUT2D eigenvalue weighted by Crippen LogP contribution is 2.22. The van der Waals surface area contributed by atoms with Crippen molar-refractivity contribution in [3.63, 3.8) is 0 Å². The lowest BCUT2D eigenvalue weighted by molar-refractivity contribution is -0.113. The zero-order valence-electron chi connectivity index (χ0n) is 16.9. The summed E-state index contributed by atoms with van der Waals surface area (Å²) in [5, 5.41) is 8.08. The maximum Gasteiger partial charge on any atom is 0.266 e. The lowest BCUT2D eigenvalue weighted by atomic mass is 10.2. The van der Waals surface area contributed by atoms with Crippen LogP contribution >= 0.6 is 11.8 Å². The van der Waals surface area contributed by atoms with E-state index in [9.17, 15) is 9.59 Å². The molecule has 2 aromatic carbocycles. The maximum absolute atomic E-state index is 13.2. The Morgan fingerprint density at radius 2 is 1.83 bits per heavy atom. The standard InChI is InChI=1S/C22H21N5O2S/c1-14-8-10-16(11-9-14)27-21(29)17-6-4-5-7-18(17)23-22(27)30-13-20(28)24-19-12-15(2)25-26(19)3/h4-12H,13H2,1-3H3,(H,24,28). The summed E-state index contributed by atoms with van der Waals surface area (Å²) in [6, 6.07) is 16.7. The molecule has 7 nitrogen and oxygen atoms in total. The number of anilines is 1. The number of rotatable bonds is 5. The maximum atomic E-state index is 13.2. The van der Waals surface area contributed by atoms with Gasteiger partial charge in [-0.1, -0.05) is 41.6 Å². The van der Waals surface area contributed by atoms with Gasteiger partial charge in [0.2, 0.25) is 5.91 Å². The van der Waals surface area contributed by atoms with Crippen LogP contribution in [0.15, 0.2) is 64.5 Å². The summed E-state index contributed by atoms with van der Waals surface area (Å²) in [6.07, 6.45) is 0. The van der Waals surface area contributed by atoms with E-state index in [1.165, 1.54) is 11.8 Å². The van der Waals surface area contributed by atoms with E-state index in [1.54, 1.807) is 34.5 Å². The first kappa shape index (κ1) is 19.9. The van der Waals surface area contributed by atoms with E-state index in [2.05, 4.69) is 15.4 Å². The minimum absolute atomic E-state index is 0.112. The number of hydrogen-bond donors (Lipinski definition) is 1. The van der Waals surface area contributed by atoms with Gasteiger partial charge in [0.15, 0.2) is 5.16 Å². The van der Waals surface area contributed by atoms with Crippen molar-refractivity contribution in [1.29, 1.82) is 0 Å². The van der Waals surface area contributed by atoms with E-state index >= 15 is 0 Å². The summed E-state index contributed by atoms with van der Waals surface area (Å²) in [4.78, 5) is 30.4. The van der Waals surface area contributed by atoms with Crippen LogP contribution in [0, 0.1) is 13.8 Å². The average Bonchev–Trinajstić information content (AvgIpc) is 3.04. The van der Waals surface area contributed by atoms with Crippen molar-refractivity contribution in [3.8, 4) is 5.69 Å². The minimum atomic E-state index is -0.194. The molecule has 4 aromatic rings. The Morgan fingerprint density at radius 1 is 1.10 bits per heavy atom. The van der Waals surface area contributed by atoms with E-state index < -0.39 is 0 Å². The van der Waals surface area contributed by atoms with E-state index in [4.69, 9.17) is 0 Å². The number of benzene rings is 2. The van der Waals surface area contributed by atoms with Crippen molar-refractivity contribution >= 4 is 34.4 Å². The molecule has 0 atom stereocenters. The fourth-order valence-electron chi connectivity index (χ4n) is 3.17. The lowest BCUT2D eigenvalue weighted by Gasteiger charge is -2.13. The first-order valence-electron chi connectivity index (χ1n) is 9.44. The Hall–Kier alpha value is -3.39. The van der Waals surface area contributed by atoms with Crippen molar-refractivity contribution in [1.82, 2.24) is 19.3 Å². The van der Waals surface area contributed by atoms with Gasteiger partial charge in [-0.25, -0.2) is 4.98 Å². The fourth-order valence-corrected chi connectivity index (χ4v) is 3.98. The molecule has 0 aliphatic heterocycles. The molecular weight excluding hydrogens is 398 g/mol. The van der Waals surface area contributed by atoms with Crippen LogP contribution in [0.25, 0.3) is 16.6 Å². The van der Waals surface area contributed by atoms with Crippen LogP contribution in [0.3, 0.4) is 0 Å². The number of para-hydroxylation sites is 1. The second-order valence-electron chi connectivity index (χ2n) is 7.02. The molecule has 0 aliphatic rings. The van der Waals surface area contributed by atoms with E-state index in [0.717, 1.165) is 11.3 Å². The number of fused-ring (bicyclic) bond motifs is 1. The number of carbonyl (C=O) groups excluding carboxylic acids is 1. The molecule has 0 saturated heterocycles. The lowest BCUT2D eigenvalue weighted by Crippen LogP contribution is -2.23. The van der Waals surface area contributed by atoms with Gasteiger partial charge < -0.3 is 5.32 Å². The van der Waals surface area contributed by atoms with Crippen molar-refractivity contribution in [2.75, 3.05) is 11.1 Å². The molecule has 152 valence electrons. The van der Waals surface area contributed by atoms with Crippen LogP contribution < -0.4 is 10.9 Å². The Kier molecular flexibility index (Phi) is 5.41. The molecule has 0 bridgehead atoms. The third kappa shape index (κ3) is 3.99. The SMILES string of the molecule is Cc1ccc(-n2c(SCC(=O)Nc3cc(C)nn3C)nc3ccccc3c2=O)cc1. The van der Waals surface area contributed by atoms with Gasteiger partial charge in [0, 0.05) is 13.1 Å². The number of aryl methyl sites for hydroxylation is 3. The summed E-state index contributed by atoms with van der Waals surface area (Å²) in [5.74, 6) is 0.544. The van der Waals surface area contributed by atoms with Crippen LogP contribution in [-0.2, 0) is 11.8 Å². The average molecular weight is 420 g/mol. The first-order chi connectivity index (χ1) is 14.4. The van der Waals surface area contributed by atoms with E-state index in [1.807, 2.05) is 50.2 Å². The number of thioether (sulfide) groups is 1. The third-order valence-corrected chi connectivity index (χ3v) is 5.58. The van der Waals surface area contributed by atoms with Gasteiger partial charge in [-0.05, 0) is 38.1 Å². The van der Waals surface area contributed by atoms with Gasteiger partial charge >= 0.3 is 0 Å². The van der Waals surface area contributed by atoms with Gasteiger partial charge in [-0.2, -0.15) is 5.10 Å². The Labute approximate surface area is 177 Å². The molecule has 4 rings (SSSR count). The number of nitrogens with one attached hydrogen (secondary N) is 1. The van der Waals surface area contributed by atoms with Gasteiger partial charge in [0.25, 0.3) is 5.56 Å². The highest BCUT2D eigenvalue weighted by molar-refractivity contribution is 7.99. The highest BCUT2D eigenvalue weighted by Gasteiger charge is 2.15. The summed E-state index contributed by atoms with van der Waals surface area (Å²) >= 11 is 1.23. The van der Waals surface area contributed by atoms with Crippen LogP contribution in [-0.4, -0.2) is 31.0 Å². The molecule has 8 heteroatoms. The van der Waals surface area contributed by atoms with Crippen molar-refractivity contribution in [2.24, 2.45) is 7.05 Å². The van der Waals surface area contributed by atoms with Gasteiger partial charge in [-0.3, -0.25) is 18.8 Å². The summed E-state index contributed by atoms with van der Waals surface area (Å²) in [6.45, 7) is 3.86. The molecule has 0 fully saturated rings. The first-order valence-corrected chi connectivity index (χ1v) is 10.4. The monoisotopic (exact) mass is 419 g/mol. The zero-order valence-corrected chi connectivity index (χ0v) is 17.7. The molecular formula is C22H21N5O2S. The topological polar surface area (TPSA) is 81.8 Å². The van der Waals surface area contributed by atoms with Crippen molar-refractivity contribution < 1.29 is 4.79 Å². The highest BCUT2D eigenvalue weighted by atomic mass is 32.2. The van der Waals surface area contributed by atoms with Gasteiger partial charge in [0.1, 0.15) is 5.82 Å². The molecule has 0 aliphatic carbocycles. The van der Waals surface area contributed by atoms with Gasteiger partial charge in [0.05, 0.1) is 28.0 Å². The van der Waals surface area contributed by atoms with E-state index in [-0.39, 0.29) is 17.2 Å².